The number of rotatable bonds is 86. The molecule has 0 bridgehead atoms. The van der Waals surface area contributed by atoms with Gasteiger partial charge >= 0.3 is 11.8 Å². The largest absolute Gasteiger partial charge is 0.345 e. The summed E-state index contributed by atoms with van der Waals surface area (Å²) in [5.41, 5.74) is 0. The molecule has 0 amide bonds. The van der Waals surface area contributed by atoms with Crippen LogP contribution in [0.3, 0.4) is 0 Å². The number of nitrogens with one attached hydrogen (secondary N) is 1. The van der Waals surface area contributed by atoms with Crippen LogP contribution in [0.4, 0.5) is 0 Å². The highest BCUT2D eigenvalue weighted by Crippen LogP contribution is 2.44. The van der Waals surface area contributed by atoms with Gasteiger partial charge in [0.1, 0.15) is 0 Å². The molecule has 0 radical (unpaired) electrons. The smallest absolute Gasteiger partial charge is 0.339 e. The molecule has 0 aromatic heterocycles. The molecule has 0 atom stereocenters. The maximum absolute atomic E-state index is 14.3. The Morgan fingerprint density at radius 3 is 0.516 bits per heavy atom. The summed E-state index contributed by atoms with van der Waals surface area (Å²) in [5.74, 6) is -6.04. The first-order valence-corrected chi connectivity index (χ1v) is 44.2. The molecule has 0 aliphatic heterocycles. The lowest BCUT2D eigenvalue weighted by molar-refractivity contribution is -0.551. The van der Waals surface area contributed by atoms with Crippen LogP contribution < -0.4 is 5.32 Å². The Hall–Kier alpha value is -0.320. The van der Waals surface area contributed by atoms with Gasteiger partial charge < -0.3 is 33.5 Å². The van der Waals surface area contributed by atoms with Crippen molar-refractivity contribution in [2.24, 2.45) is 0 Å². The van der Waals surface area contributed by atoms with E-state index in [9.17, 15) is 5.11 Å². The van der Waals surface area contributed by atoms with Gasteiger partial charge in [-0.1, -0.05) is 453 Å². The molecule has 0 unspecified atom stereocenters. The van der Waals surface area contributed by atoms with E-state index in [1.54, 1.807) is 0 Å². The molecule has 0 heterocycles. The number of hydrogen-bond donors (Lipinski definition) is 2. The number of aliphatic hydroxyl groups is 1. The Labute approximate surface area is 597 Å². The standard InChI is InChI=1S/C87H177NO7/c1-8-15-22-29-36-43-50-57-64-71-78-88-86(92-81-74-67-60-53-46-39-32-25-18-11-4,93-82-75-68-61-54-47-40-33-26-19-12-5)85(90-79-72-65-58-51-44-37-30-23-16-9-2,91-80-73-66-59-52-45-38-31-24-17-10-3)87(89,94-83-76-69-62-55-48-41-34-27-20-13-6)95-84-77-70-63-56-49-42-35-28-21-14-7/h88-89H,8-84H2,1-7H3. The van der Waals surface area contributed by atoms with Gasteiger partial charge in [-0.05, 0) is 44.9 Å². The molecule has 572 valence electrons. The van der Waals surface area contributed by atoms with Crippen LogP contribution in [-0.2, 0) is 28.4 Å². The van der Waals surface area contributed by atoms with Crippen LogP contribution in [0.2, 0.25) is 0 Å². The monoisotopic (exact) mass is 1350 g/mol. The minimum Gasteiger partial charge on any atom is -0.339 e. The van der Waals surface area contributed by atoms with Crippen molar-refractivity contribution in [1.29, 1.82) is 0 Å². The number of hydrogen-bond acceptors (Lipinski definition) is 8. The molecule has 0 spiro atoms. The zero-order valence-corrected chi connectivity index (χ0v) is 66.3. The van der Waals surface area contributed by atoms with E-state index < -0.39 is 17.7 Å². The lowest BCUT2D eigenvalue weighted by Crippen LogP contribution is -2.79. The predicted molar refractivity (Wildman–Crippen MR) is 417 cm³/mol. The molecule has 0 fully saturated rings. The Morgan fingerprint density at radius 2 is 0.326 bits per heavy atom. The third-order valence-electron chi connectivity index (χ3n) is 20.5. The predicted octanol–water partition coefficient (Wildman–Crippen LogP) is 29.1. The van der Waals surface area contributed by atoms with Gasteiger partial charge in [0.15, 0.2) is 0 Å². The molecule has 0 aromatic carbocycles. The van der Waals surface area contributed by atoms with E-state index in [-0.39, 0.29) is 0 Å². The van der Waals surface area contributed by atoms with Crippen molar-refractivity contribution in [1.82, 2.24) is 5.32 Å². The van der Waals surface area contributed by atoms with Crippen molar-refractivity contribution >= 4 is 0 Å². The highest BCUT2D eigenvalue weighted by atomic mass is 16.9. The van der Waals surface area contributed by atoms with Crippen LogP contribution in [0.15, 0.2) is 0 Å². The van der Waals surface area contributed by atoms with Crippen molar-refractivity contribution in [2.75, 3.05) is 46.2 Å². The third kappa shape index (κ3) is 58.8. The average Bonchev–Trinajstić information content (AvgIpc) is 0.730. The van der Waals surface area contributed by atoms with Gasteiger partial charge in [0.05, 0.1) is 39.6 Å². The average molecular weight is 1350 g/mol. The zero-order chi connectivity index (χ0) is 68.9. The van der Waals surface area contributed by atoms with E-state index in [4.69, 9.17) is 28.4 Å². The second-order valence-corrected chi connectivity index (χ2v) is 30.1. The van der Waals surface area contributed by atoms with Gasteiger partial charge in [-0.15, -0.1) is 0 Å². The summed E-state index contributed by atoms with van der Waals surface area (Å²) in [4.78, 5) is 0. The highest BCUT2D eigenvalue weighted by molar-refractivity contribution is 4.96. The first-order chi connectivity index (χ1) is 46.9. The van der Waals surface area contributed by atoms with Gasteiger partial charge in [-0.3, -0.25) is 5.32 Å². The molecule has 8 heteroatoms. The van der Waals surface area contributed by atoms with Crippen molar-refractivity contribution in [3.05, 3.63) is 0 Å². The molecule has 0 aromatic rings. The van der Waals surface area contributed by atoms with Crippen molar-refractivity contribution < 1.29 is 33.5 Å². The summed E-state index contributed by atoms with van der Waals surface area (Å²) in [7, 11) is 0. The summed E-state index contributed by atoms with van der Waals surface area (Å²) in [6, 6.07) is 0. The maximum atomic E-state index is 14.3. The normalized spacial score (nSPS) is 12.4. The van der Waals surface area contributed by atoms with Gasteiger partial charge in [0.2, 0.25) is 0 Å². The number of unbranched alkanes of at least 4 members (excludes halogenated alkanes) is 63. The molecule has 0 rings (SSSR count). The van der Waals surface area contributed by atoms with Crippen LogP contribution in [0.1, 0.15) is 498 Å². The van der Waals surface area contributed by atoms with Crippen molar-refractivity contribution in [3.63, 3.8) is 0 Å². The van der Waals surface area contributed by atoms with E-state index >= 15 is 0 Å². The molecule has 0 saturated carbocycles. The first-order valence-electron chi connectivity index (χ1n) is 44.2. The molecule has 0 aliphatic rings. The van der Waals surface area contributed by atoms with Gasteiger partial charge in [0.25, 0.3) is 5.91 Å². The van der Waals surface area contributed by atoms with E-state index in [0.717, 1.165) is 89.9 Å². The summed E-state index contributed by atoms with van der Waals surface area (Å²) in [6.45, 7) is 19.2. The molecule has 0 saturated heterocycles. The topological polar surface area (TPSA) is 87.6 Å². The lowest BCUT2D eigenvalue weighted by Gasteiger charge is -2.53. The second kappa shape index (κ2) is 77.8. The van der Waals surface area contributed by atoms with E-state index in [1.165, 1.54) is 360 Å². The first kappa shape index (κ1) is 94.7. The zero-order valence-electron chi connectivity index (χ0n) is 66.3. The maximum Gasteiger partial charge on any atom is 0.345 e. The lowest BCUT2D eigenvalue weighted by atomic mass is 10.0. The molecule has 8 nitrogen and oxygen atoms in total. The third-order valence-corrected chi connectivity index (χ3v) is 20.5. The van der Waals surface area contributed by atoms with Gasteiger partial charge in [-0.2, -0.15) is 0 Å². The Morgan fingerprint density at radius 1 is 0.179 bits per heavy atom. The molecular formula is C87H177NO7. The summed E-state index contributed by atoms with van der Waals surface area (Å²) in [5, 5.41) is 18.3. The van der Waals surface area contributed by atoms with Crippen molar-refractivity contribution in [2.45, 2.75) is 516 Å². The molecule has 2 N–H and O–H groups in total. The number of ether oxygens (including phenoxy) is 6. The summed E-state index contributed by atoms with van der Waals surface area (Å²) >= 11 is 0. The fraction of sp³-hybridized carbons (Fsp3) is 1.00. The van der Waals surface area contributed by atoms with Crippen LogP contribution in [0.25, 0.3) is 0 Å². The SMILES string of the molecule is CCCCCCCCCCCCNC(OCCCCCCCCCCCC)(OCCCCCCCCCCCC)C(OCCCCCCCCCCCC)(OCCCCCCCCCCCC)C(O)(OCCCCCCCCCCCC)OCCCCCCCCCCCC. The Balaban J connectivity index is 7.86. The minimum absolute atomic E-state index is 0.335. The molecule has 95 heavy (non-hydrogen) atoms. The Kier molecular flexibility index (Phi) is 77.6. The van der Waals surface area contributed by atoms with Crippen LogP contribution in [-0.4, -0.2) is 69.0 Å². The van der Waals surface area contributed by atoms with Crippen LogP contribution in [0.5, 0.6) is 0 Å². The van der Waals surface area contributed by atoms with Gasteiger partial charge in [0, 0.05) is 6.54 Å². The van der Waals surface area contributed by atoms with E-state index in [1.807, 2.05) is 0 Å². The van der Waals surface area contributed by atoms with E-state index in [0.29, 0.717) is 46.2 Å². The molecule has 0 aliphatic carbocycles. The second-order valence-electron chi connectivity index (χ2n) is 30.1. The van der Waals surface area contributed by atoms with Crippen LogP contribution in [0, 0.1) is 0 Å². The van der Waals surface area contributed by atoms with Gasteiger partial charge in [-0.25, -0.2) is 0 Å². The fourth-order valence-electron chi connectivity index (χ4n) is 14.0. The van der Waals surface area contributed by atoms with E-state index in [2.05, 4.69) is 53.8 Å². The summed E-state index contributed by atoms with van der Waals surface area (Å²) < 4.78 is 44.8. The minimum atomic E-state index is -2.33. The Bertz CT molecular complexity index is 1280. The van der Waals surface area contributed by atoms with Crippen LogP contribution >= 0.6 is 0 Å². The molecular weight excluding hydrogens is 1170 g/mol. The highest BCUT2D eigenvalue weighted by Gasteiger charge is 2.72. The van der Waals surface area contributed by atoms with Crippen molar-refractivity contribution in [3.8, 4) is 0 Å². The quantitative estimate of drug-likeness (QED) is 0.0460. The fourth-order valence-corrected chi connectivity index (χ4v) is 14.0. The summed E-state index contributed by atoms with van der Waals surface area (Å²) in [6.07, 6.45) is 86.5.